The van der Waals surface area contributed by atoms with E-state index in [-0.39, 0.29) is 11.4 Å². The van der Waals surface area contributed by atoms with Gasteiger partial charge in [0.2, 0.25) is 10.0 Å². The fourth-order valence-electron chi connectivity index (χ4n) is 1.67. The largest absolute Gasteiger partial charge is 0.399 e. The molecule has 1 aromatic heterocycles. The molecule has 0 atom stereocenters. The predicted molar refractivity (Wildman–Crippen MR) is 81.6 cm³/mol. The highest BCUT2D eigenvalue weighted by Crippen LogP contribution is 2.24. The molecule has 0 aliphatic rings. The highest BCUT2D eigenvalue weighted by Gasteiger charge is 2.17. The van der Waals surface area contributed by atoms with Crippen molar-refractivity contribution < 1.29 is 8.42 Å². The zero-order chi connectivity index (χ0) is 14.8. The lowest BCUT2D eigenvalue weighted by atomic mass is 10.2. The fraction of sp³-hybridized carbons (Fsp3) is 0.154. The molecule has 3 N–H and O–H groups in total. The Morgan fingerprint density at radius 2 is 2.10 bits per heavy atom. The number of pyridine rings is 1. The van der Waals surface area contributed by atoms with Crippen molar-refractivity contribution in [3.05, 3.63) is 52.3 Å². The third-order valence-corrected chi connectivity index (χ3v) is 5.22. The Balaban J connectivity index is 2.22. The highest BCUT2D eigenvalue weighted by molar-refractivity contribution is 9.10. The summed E-state index contributed by atoms with van der Waals surface area (Å²) in [7, 11) is -3.60. The lowest BCUT2D eigenvalue weighted by Gasteiger charge is -2.10. The van der Waals surface area contributed by atoms with Crippen LogP contribution in [-0.4, -0.2) is 13.4 Å². The van der Waals surface area contributed by atoms with Gasteiger partial charge in [0, 0.05) is 29.1 Å². The second kappa shape index (κ2) is 5.90. The van der Waals surface area contributed by atoms with Crippen LogP contribution >= 0.6 is 15.9 Å². The second-order valence-corrected chi connectivity index (χ2v) is 6.91. The molecule has 0 bridgehead atoms. The van der Waals surface area contributed by atoms with Gasteiger partial charge in [-0.1, -0.05) is 0 Å². The summed E-state index contributed by atoms with van der Waals surface area (Å²) in [6.07, 6.45) is 3.32. The van der Waals surface area contributed by atoms with Gasteiger partial charge < -0.3 is 5.73 Å². The number of hydrogen-bond donors (Lipinski definition) is 2. The minimum Gasteiger partial charge on any atom is -0.399 e. The maximum absolute atomic E-state index is 12.2. The summed E-state index contributed by atoms with van der Waals surface area (Å²) in [5.41, 5.74) is 7.92. The van der Waals surface area contributed by atoms with E-state index >= 15 is 0 Å². The maximum Gasteiger partial charge on any atom is 0.241 e. The molecule has 20 heavy (non-hydrogen) atoms. The molecular weight excluding hydrogens is 342 g/mol. The Morgan fingerprint density at radius 3 is 2.75 bits per heavy atom. The van der Waals surface area contributed by atoms with Crippen molar-refractivity contribution in [2.75, 3.05) is 5.73 Å². The molecule has 0 aliphatic carbocycles. The van der Waals surface area contributed by atoms with Crippen molar-refractivity contribution in [3.63, 3.8) is 0 Å². The fourth-order valence-corrected chi connectivity index (χ4v) is 3.77. The van der Waals surface area contributed by atoms with Crippen molar-refractivity contribution >= 4 is 31.6 Å². The standard InChI is InChI=1S/C13H14BrN3O2S/c1-9-4-5-16-7-10(9)8-17-20(18,19)13-3-2-11(15)6-12(13)14/h2-7,17H,8,15H2,1H3. The number of nitrogens with one attached hydrogen (secondary N) is 1. The van der Waals surface area contributed by atoms with E-state index in [1.54, 1.807) is 24.5 Å². The van der Waals surface area contributed by atoms with Gasteiger partial charge in [0.1, 0.15) is 0 Å². The SMILES string of the molecule is Cc1ccncc1CNS(=O)(=O)c1ccc(N)cc1Br. The number of aryl methyl sites for hydroxylation is 1. The first-order chi connectivity index (χ1) is 9.40. The zero-order valence-electron chi connectivity index (χ0n) is 10.8. The van der Waals surface area contributed by atoms with Crippen LogP contribution in [0.25, 0.3) is 0 Å². The van der Waals surface area contributed by atoms with Crippen LogP contribution in [-0.2, 0) is 16.6 Å². The topological polar surface area (TPSA) is 85.1 Å². The van der Waals surface area contributed by atoms with Crippen LogP contribution in [0.2, 0.25) is 0 Å². The van der Waals surface area contributed by atoms with E-state index in [9.17, 15) is 8.42 Å². The summed E-state index contributed by atoms with van der Waals surface area (Å²) >= 11 is 3.21. The van der Waals surface area contributed by atoms with Gasteiger partial charge >= 0.3 is 0 Å². The van der Waals surface area contributed by atoms with E-state index in [2.05, 4.69) is 25.6 Å². The molecule has 0 radical (unpaired) electrons. The molecule has 0 saturated carbocycles. The van der Waals surface area contributed by atoms with Crippen LogP contribution in [0, 0.1) is 6.92 Å². The number of nitrogens with zero attached hydrogens (tertiary/aromatic N) is 1. The number of hydrogen-bond acceptors (Lipinski definition) is 4. The quantitative estimate of drug-likeness (QED) is 0.823. The summed E-state index contributed by atoms with van der Waals surface area (Å²) in [5.74, 6) is 0. The van der Waals surface area contributed by atoms with E-state index in [1.807, 2.05) is 13.0 Å². The van der Waals surface area contributed by atoms with Crippen LogP contribution < -0.4 is 10.5 Å². The minimum atomic E-state index is -3.60. The predicted octanol–water partition coefficient (Wildman–Crippen LogP) is 2.21. The summed E-state index contributed by atoms with van der Waals surface area (Å²) in [6, 6.07) is 6.42. The first-order valence-electron chi connectivity index (χ1n) is 5.84. The van der Waals surface area contributed by atoms with Crippen LogP contribution in [0.1, 0.15) is 11.1 Å². The van der Waals surface area contributed by atoms with Crippen molar-refractivity contribution in [1.29, 1.82) is 0 Å². The van der Waals surface area contributed by atoms with Gasteiger partial charge in [-0.25, -0.2) is 13.1 Å². The molecule has 106 valence electrons. The smallest absolute Gasteiger partial charge is 0.241 e. The van der Waals surface area contributed by atoms with E-state index in [0.29, 0.717) is 10.2 Å². The molecule has 0 amide bonds. The Kier molecular flexibility index (Phi) is 4.42. The highest BCUT2D eigenvalue weighted by atomic mass is 79.9. The van der Waals surface area contributed by atoms with E-state index in [1.165, 1.54) is 6.07 Å². The number of nitrogens with two attached hydrogens (primary N) is 1. The first-order valence-corrected chi connectivity index (χ1v) is 8.12. The van der Waals surface area contributed by atoms with Crippen molar-refractivity contribution in [1.82, 2.24) is 9.71 Å². The average molecular weight is 356 g/mol. The summed E-state index contributed by atoms with van der Waals surface area (Å²) in [5, 5.41) is 0. The molecule has 1 heterocycles. The molecule has 0 aliphatic heterocycles. The van der Waals surface area contributed by atoms with Gasteiger partial charge in [-0.05, 0) is 58.2 Å². The third kappa shape index (κ3) is 3.36. The Bertz CT molecular complexity index is 732. The summed E-state index contributed by atoms with van der Waals surface area (Å²) in [4.78, 5) is 4.15. The van der Waals surface area contributed by atoms with Gasteiger partial charge in [0.05, 0.1) is 4.90 Å². The molecule has 2 aromatic rings. The Hall–Kier alpha value is -1.44. The van der Waals surface area contributed by atoms with Crippen LogP contribution in [0.3, 0.4) is 0 Å². The van der Waals surface area contributed by atoms with Crippen molar-refractivity contribution in [3.8, 4) is 0 Å². The molecular formula is C13H14BrN3O2S. The van der Waals surface area contributed by atoms with E-state index < -0.39 is 10.0 Å². The normalized spacial score (nSPS) is 11.5. The molecule has 2 rings (SSSR count). The molecule has 0 unspecified atom stereocenters. The lowest BCUT2D eigenvalue weighted by Crippen LogP contribution is -2.24. The molecule has 7 heteroatoms. The Labute approximate surface area is 126 Å². The average Bonchev–Trinajstić information content (AvgIpc) is 2.37. The van der Waals surface area contributed by atoms with Crippen LogP contribution in [0.4, 0.5) is 5.69 Å². The number of anilines is 1. The van der Waals surface area contributed by atoms with Gasteiger partial charge in [-0.3, -0.25) is 4.98 Å². The number of aromatic nitrogens is 1. The maximum atomic E-state index is 12.2. The van der Waals surface area contributed by atoms with Crippen molar-refractivity contribution in [2.24, 2.45) is 0 Å². The Morgan fingerprint density at radius 1 is 1.35 bits per heavy atom. The molecule has 0 spiro atoms. The minimum absolute atomic E-state index is 0.160. The van der Waals surface area contributed by atoms with Crippen LogP contribution in [0.15, 0.2) is 46.0 Å². The van der Waals surface area contributed by atoms with Crippen molar-refractivity contribution in [2.45, 2.75) is 18.4 Å². The van der Waals surface area contributed by atoms with Crippen LogP contribution in [0.5, 0.6) is 0 Å². The van der Waals surface area contributed by atoms with Gasteiger partial charge in [0.15, 0.2) is 0 Å². The zero-order valence-corrected chi connectivity index (χ0v) is 13.2. The molecule has 5 nitrogen and oxygen atoms in total. The number of halogens is 1. The molecule has 0 saturated heterocycles. The lowest BCUT2D eigenvalue weighted by molar-refractivity contribution is 0.580. The third-order valence-electron chi connectivity index (χ3n) is 2.85. The summed E-state index contributed by atoms with van der Waals surface area (Å²) in [6.45, 7) is 2.10. The number of sulfonamides is 1. The summed E-state index contributed by atoms with van der Waals surface area (Å²) < 4.78 is 27.5. The number of benzene rings is 1. The molecule has 0 fully saturated rings. The second-order valence-electron chi connectivity index (χ2n) is 4.32. The van der Waals surface area contributed by atoms with Gasteiger partial charge in [-0.2, -0.15) is 0 Å². The first kappa shape index (κ1) is 15.0. The monoisotopic (exact) mass is 355 g/mol. The van der Waals surface area contributed by atoms with Gasteiger partial charge in [-0.15, -0.1) is 0 Å². The number of rotatable bonds is 4. The van der Waals surface area contributed by atoms with E-state index in [0.717, 1.165) is 11.1 Å². The van der Waals surface area contributed by atoms with E-state index in [4.69, 9.17) is 5.73 Å². The molecule has 1 aromatic carbocycles. The van der Waals surface area contributed by atoms with Gasteiger partial charge in [0.25, 0.3) is 0 Å². The number of nitrogen functional groups attached to an aromatic ring is 1.